The molecule has 1 saturated carbocycles. The molecule has 160 valence electrons. The first-order valence-electron chi connectivity index (χ1n) is 9.30. The van der Waals surface area contributed by atoms with Crippen molar-refractivity contribution in [2.75, 3.05) is 6.61 Å². The van der Waals surface area contributed by atoms with Crippen molar-refractivity contribution in [3.05, 3.63) is 29.8 Å². The molecule has 0 radical (unpaired) electrons. The van der Waals surface area contributed by atoms with E-state index in [4.69, 9.17) is 14.6 Å². The molecule has 1 aliphatic carbocycles. The smallest absolute Gasteiger partial charge is 0.477 e. The number of carboxylic acids is 1. The van der Waals surface area contributed by atoms with Crippen LogP contribution in [0.25, 0.3) is 0 Å². The third kappa shape index (κ3) is 6.40. The van der Waals surface area contributed by atoms with Crippen molar-refractivity contribution in [1.29, 1.82) is 0 Å². The molecule has 1 N–H and O–H groups in total. The lowest BCUT2D eigenvalue weighted by atomic mass is 9.79. The summed E-state index contributed by atoms with van der Waals surface area (Å²) in [6, 6.07) is 4.97. The van der Waals surface area contributed by atoms with Crippen LogP contribution in [0.2, 0.25) is 0 Å². The van der Waals surface area contributed by atoms with E-state index in [0.29, 0.717) is 0 Å². The summed E-state index contributed by atoms with van der Waals surface area (Å²) in [6.45, 7) is 2.11. The van der Waals surface area contributed by atoms with Gasteiger partial charge < -0.3 is 19.3 Å². The monoisotopic (exact) mass is 414 g/mol. The third-order valence-corrected chi connectivity index (χ3v) is 4.92. The van der Waals surface area contributed by atoms with E-state index in [2.05, 4.69) is 4.74 Å². The Morgan fingerprint density at radius 2 is 1.66 bits per heavy atom. The Bertz CT molecular complexity index is 738. The Morgan fingerprint density at radius 1 is 1.07 bits per heavy atom. The number of ether oxygens (including phenoxy) is 3. The predicted molar refractivity (Wildman–Crippen MR) is 97.1 cm³/mol. The maximum atomic E-state index is 13.0. The number of alkyl halides is 2. The van der Waals surface area contributed by atoms with Crippen molar-refractivity contribution < 1.29 is 42.5 Å². The number of hydrogen-bond donors (Lipinski definition) is 1. The summed E-state index contributed by atoms with van der Waals surface area (Å²) >= 11 is 0. The van der Waals surface area contributed by atoms with Gasteiger partial charge in [0.15, 0.2) is 6.61 Å². The zero-order valence-electron chi connectivity index (χ0n) is 16.3. The summed E-state index contributed by atoms with van der Waals surface area (Å²) in [7, 11) is 0. The van der Waals surface area contributed by atoms with E-state index >= 15 is 0 Å². The van der Waals surface area contributed by atoms with Crippen molar-refractivity contribution in [2.24, 2.45) is 5.92 Å². The molecule has 0 heterocycles. The zero-order chi connectivity index (χ0) is 21.7. The van der Waals surface area contributed by atoms with E-state index in [0.717, 1.165) is 25.7 Å². The minimum Gasteiger partial charge on any atom is -0.477 e. The van der Waals surface area contributed by atoms with E-state index in [1.165, 1.54) is 30.7 Å². The second-order valence-corrected chi connectivity index (χ2v) is 7.50. The van der Waals surface area contributed by atoms with Crippen LogP contribution >= 0.6 is 0 Å². The number of hydrogen-bond acceptors (Lipinski definition) is 6. The Kier molecular flexibility index (Phi) is 7.16. The average molecular weight is 414 g/mol. The van der Waals surface area contributed by atoms with Gasteiger partial charge >= 0.3 is 24.0 Å². The molecular weight excluding hydrogens is 390 g/mol. The third-order valence-electron chi connectivity index (χ3n) is 4.92. The van der Waals surface area contributed by atoms with Crippen molar-refractivity contribution in [3.63, 3.8) is 0 Å². The molecule has 7 nitrogen and oxygen atoms in total. The predicted octanol–water partition coefficient (Wildman–Crippen LogP) is 4.44. The second kappa shape index (κ2) is 9.19. The fourth-order valence-electron chi connectivity index (χ4n) is 3.17. The summed E-state index contributed by atoms with van der Waals surface area (Å²) in [4.78, 5) is 34.1. The maximum Gasteiger partial charge on any atom is 0.514 e. The summed E-state index contributed by atoms with van der Waals surface area (Å²) in [5, 5.41) is 8.31. The van der Waals surface area contributed by atoms with Crippen molar-refractivity contribution in [2.45, 2.75) is 57.5 Å². The summed E-state index contributed by atoms with van der Waals surface area (Å²) in [5.74, 6) is -7.33. The molecule has 1 fully saturated rings. The maximum absolute atomic E-state index is 13.0. The molecule has 0 aliphatic heterocycles. The van der Waals surface area contributed by atoms with E-state index in [-0.39, 0.29) is 17.2 Å². The van der Waals surface area contributed by atoms with Gasteiger partial charge in [-0.1, -0.05) is 19.3 Å². The van der Waals surface area contributed by atoms with Gasteiger partial charge in [0.05, 0.1) is 5.56 Å². The highest BCUT2D eigenvalue weighted by molar-refractivity contribution is 5.90. The van der Waals surface area contributed by atoms with Crippen LogP contribution in [0.5, 0.6) is 5.75 Å². The van der Waals surface area contributed by atoms with Gasteiger partial charge in [-0.25, -0.2) is 14.4 Å². The van der Waals surface area contributed by atoms with Crippen molar-refractivity contribution in [1.82, 2.24) is 0 Å². The van der Waals surface area contributed by atoms with Crippen LogP contribution in [0.15, 0.2) is 24.3 Å². The van der Waals surface area contributed by atoms with E-state index in [1.54, 1.807) is 0 Å². The molecule has 0 unspecified atom stereocenters. The zero-order valence-corrected chi connectivity index (χ0v) is 16.3. The van der Waals surface area contributed by atoms with Gasteiger partial charge in [-0.15, -0.1) is 0 Å². The molecule has 0 spiro atoms. The molecule has 0 aromatic heterocycles. The quantitative estimate of drug-likeness (QED) is 0.520. The molecule has 9 heteroatoms. The molecule has 2 rings (SSSR count). The topological polar surface area (TPSA) is 99.1 Å². The van der Waals surface area contributed by atoms with E-state index < -0.39 is 36.2 Å². The first-order chi connectivity index (χ1) is 13.5. The molecule has 1 aromatic carbocycles. The van der Waals surface area contributed by atoms with E-state index in [9.17, 15) is 23.2 Å². The molecule has 0 saturated heterocycles. The number of carboxylic acid groups (broad SMARTS) is 1. The van der Waals surface area contributed by atoms with Crippen molar-refractivity contribution >= 4 is 18.1 Å². The molecule has 1 aromatic rings. The summed E-state index contributed by atoms with van der Waals surface area (Å²) in [5.41, 5.74) is -0.772. The van der Waals surface area contributed by atoms with Gasteiger partial charge in [-0.3, -0.25) is 0 Å². The lowest BCUT2D eigenvalue weighted by molar-refractivity contribution is -0.170. The first kappa shape index (κ1) is 22.6. The van der Waals surface area contributed by atoms with Crippen LogP contribution in [-0.2, 0) is 14.3 Å². The number of rotatable bonds is 7. The highest BCUT2D eigenvalue weighted by Crippen LogP contribution is 2.35. The fourth-order valence-corrected chi connectivity index (χ4v) is 3.17. The van der Waals surface area contributed by atoms with Gasteiger partial charge in [-0.2, -0.15) is 8.78 Å². The summed E-state index contributed by atoms with van der Waals surface area (Å²) < 4.78 is 40.8. The SMILES string of the molecule is CC(C)(OC(=O)Oc1ccc(C(=O)OCC(F)(F)C(=O)O)cc1)C1CCCCC1. The Balaban J connectivity index is 1.88. The van der Waals surface area contributed by atoms with Crippen molar-refractivity contribution in [3.8, 4) is 5.75 Å². The molecule has 0 bridgehead atoms. The fraction of sp³-hybridized carbons (Fsp3) is 0.550. The highest BCUT2D eigenvalue weighted by Gasteiger charge is 2.40. The lowest BCUT2D eigenvalue weighted by Gasteiger charge is -2.35. The van der Waals surface area contributed by atoms with Crippen LogP contribution in [0, 0.1) is 5.92 Å². The number of benzene rings is 1. The highest BCUT2D eigenvalue weighted by atomic mass is 19.3. The number of halogens is 2. The van der Waals surface area contributed by atoms with Gasteiger partial charge in [-0.05, 0) is 56.9 Å². The number of aliphatic carboxylic acids is 1. The van der Waals surface area contributed by atoms with Crippen LogP contribution < -0.4 is 4.74 Å². The average Bonchev–Trinajstić information content (AvgIpc) is 2.67. The van der Waals surface area contributed by atoms with Crippen LogP contribution in [-0.4, -0.2) is 41.3 Å². The van der Waals surface area contributed by atoms with E-state index in [1.807, 2.05) is 13.8 Å². The van der Waals surface area contributed by atoms with Crippen LogP contribution in [0.4, 0.5) is 13.6 Å². The lowest BCUT2D eigenvalue weighted by Crippen LogP contribution is -2.38. The standard InChI is InChI=1S/C20H24F2O7/c1-19(2,14-6-4-3-5-7-14)29-18(26)28-15-10-8-13(9-11-15)16(23)27-12-20(21,22)17(24)25/h8-11,14H,3-7,12H2,1-2H3,(H,24,25). The normalized spacial score (nSPS) is 15.4. The van der Waals surface area contributed by atoms with Crippen LogP contribution in [0.3, 0.4) is 0 Å². The largest absolute Gasteiger partial charge is 0.514 e. The first-order valence-corrected chi connectivity index (χ1v) is 9.30. The van der Waals surface area contributed by atoms with Gasteiger partial charge in [0.1, 0.15) is 11.4 Å². The van der Waals surface area contributed by atoms with Gasteiger partial charge in [0.25, 0.3) is 0 Å². The molecule has 0 atom stereocenters. The van der Waals surface area contributed by atoms with Gasteiger partial charge in [0.2, 0.25) is 0 Å². The minimum atomic E-state index is -4.17. The Hall–Kier alpha value is -2.71. The molecule has 29 heavy (non-hydrogen) atoms. The minimum absolute atomic E-state index is 0.0989. The Morgan fingerprint density at radius 3 is 2.21 bits per heavy atom. The molecule has 0 amide bonds. The van der Waals surface area contributed by atoms with Crippen LogP contribution in [0.1, 0.15) is 56.3 Å². The second-order valence-electron chi connectivity index (χ2n) is 7.50. The number of carbonyl (C=O) groups is 3. The number of carbonyl (C=O) groups excluding carboxylic acids is 2. The van der Waals surface area contributed by atoms with Gasteiger partial charge in [0, 0.05) is 0 Å². The molecule has 1 aliphatic rings. The number of esters is 1. The summed E-state index contributed by atoms with van der Waals surface area (Å²) in [6.07, 6.45) is 4.47. The molecular formula is C20H24F2O7. The Labute approximate surface area is 166 Å².